The van der Waals surface area contributed by atoms with Crippen LogP contribution in [-0.4, -0.2) is 19.9 Å². The van der Waals surface area contributed by atoms with Crippen LogP contribution in [0.15, 0.2) is 53.6 Å². The standard InChI is InChI=1S/C16H14ClFN2O2S/c17-12-1-4-14(5-2-12)23(21,22)20-8-7-11-10-19-16-9-13(18)3-6-15(11)16/h1-6,9-10,19-20H,7-8H2. The highest BCUT2D eigenvalue weighted by Crippen LogP contribution is 2.20. The van der Waals surface area contributed by atoms with E-state index in [0.717, 1.165) is 10.9 Å². The Balaban J connectivity index is 1.69. The largest absolute Gasteiger partial charge is 0.361 e. The average Bonchev–Trinajstić information content (AvgIpc) is 2.90. The molecule has 2 N–H and O–H groups in total. The first kappa shape index (κ1) is 16.0. The Hall–Kier alpha value is -1.89. The van der Waals surface area contributed by atoms with E-state index in [9.17, 15) is 12.8 Å². The zero-order chi connectivity index (χ0) is 16.4. The van der Waals surface area contributed by atoms with E-state index in [1.54, 1.807) is 12.3 Å². The van der Waals surface area contributed by atoms with Gasteiger partial charge in [-0.25, -0.2) is 17.5 Å². The van der Waals surface area contributed by atoms with E-state index in [-0.39, 0.29) is 17.3 Å². The summed E-state index contributed by atoms with van der Waals surface area (Å²) in [4.78, 5) is 3.15. The van der Waals surface area contributed by atoms with E-state index >= 15 is 0 Å². The van der Waals surface area contributed by atoms with Crippen LogP contribution in [0, 0.1) is 5.82 Å². The maximum absolute atomic E-state index is 13.1. The second-order valence-electron chi connectivity index (χ2n) is 5.11. The molecule has 0 aliphatic heterocycles. The molecule has 7 heteroatoms. The first-order valence-electron chi connectivity index (χ1n) is 6.96. The average molecular weight is 353 g/mol. The number of sulfonamides is 1. The first-order chi connectivity index (χ1) is 11.0. The SMILES string of the molecule is O=S(=O)(NCCc1c[nH]c2cc(F)ccc12)c1ccc(Cl)cc1. The molecular weight excluding hydrogens is 339 g/mol. The second-order valence-corrected chi connectivity index (χ2v) is 7.31. The summed E-state index contributed by atoms with van der Waals surface area (Å²) in [6.07, 6.45) is 2.26. The molecule has 0 unspecified atom stereocenters. The van der Waals surface area contributed by atoms with Gasteiger partial charge in [0, 0.05) is 28.7 Å². The molecule has 23 heavy (non-hydrogen) atoms. The number of aromatic amines is 1. The minimum absolute atomic E-state index is 0.169. The van der Waals surface area contributed by atoms with Crippen molar-refractivity contribution in [1.82, 2.24) is 9.71 Å². The lowest BCUT2D eigenvalue weighted by atomic mass is 10.1. The molecule has 0 spiro atoms. The fraction of sp³-hybridized carbons (Fsp3) is 0.125. The number of hydrogen-bond donors (Lipinski definition) is 2. The monoisotopic (exact) mass is 352 g/mol. The Labute approximate surface area is 138 Å². The highest BCUT2D eigenvalue weighted by molar-refractivity contribution is 7.89. The summed E-state index contributed by atoms with van der Waals surface area (Å²) in [7, 11) is -3.57. The smallest absolute Gasteiger partial charge is 0.240 e. The second kappa shape index (κ2) is 6.31. The molecule has 0 atom stereocenters. The van der Waals surface area contributed by atoms with Crippen LogP contribution >= 0.6 is 11.6 Å². The molecule has 1 aromatic heterocycles. The minimum Gasteiger partial charge on any atom is -0.361 e. The van der Waals surface area contributed by atoms with Crippen molar-refractivity contribution >= 4 is 32.5 Å². The van der Waals surface area contributed by atoms with Gasteiger partial charge in [0.15, 0.2) is 0 Å². The number of hydrogen-bond acceptors (Lipinski definition) is 2. The number of H-pyrrole nitrogens is 1. The van der Waals surface area contributed by atoms with Crippen LogP contribution in [0.5, 0.6) is 0 Å². The van der Waals surface area contributed by atoms with Gasteiger partial charge < -0.3 is 4.98 Å². The first-order valence-corrected chi connectivity index (χ1v) is 8.82. The van der Waals surface area contributed by atoms with Gasteiger partial charge in [0.1, 0.15) is 5.82 Å². The maximum atomic E-state index is 13.1. The van der Waals surface area contributed by atoms with Gasteiger partial charge >= 0.3 is 0 Å². The van der Waals surface area contributed by atoms with E-state index in [4.69, 9.17) is 11.6 Å². The van der Waals surface area contributed by atoms with Crippen LogP contribution in [0.2, 0.25) is 5.02 Å². The molecular formula is C16H14ClFN2O2S. The number of benzene rings is 2. The third-order valence-corrected chi connectivity index (χ3v) is 5.27. The van der Waals surface area contributed by atoms with Crippen LogP contribution in [0.1, 0.15) is 5.56 Å². The quantitative estimate of drug-likeness (QED) is 0.738. The number of halogens is 2. The Morgan fingerprint density at radius 3 is 2.61 bits per heavy atom. The number of nitrogens with one attached hydrogen (secondary N) is 2. The summed E-state index contributed by atoms with van der Waals surface area (Å²) >= 11 is 5.75. The molecule has 2 aromatic carbocycles. The number of fused-ring (bicyclic) bond motifs is 1. The molecule has 3 aromatic rings. The normalized spacial score (nSPS) is 11.9. The van der Waals surface area contributed by atoms with Crippen molar-refractivity contribution in [2.75, 3.05) is 6.54 Å². The molecule has 4 nitrogen and oxygen atoms in total. The lowest BCUT2D eigenvalue weighted by molar-refractivity contribution is 0.581. The summed E-state index contributed by atoms with van der Waals surface area (Å²) in [5.41, 5.74) is 1.62. The predicted octanol–water partition coefficient (Wildman–Crippen LogP) is 3.48. The summed E-state index contributed by atoms with van der Waals surface area (Å²) in [6, 6.07) is 10.5. The van der Waals surface area contributed by atoms with E-state index in [1.807, 2.05) is 0 Å². The Bertz CT molecular complexity index is 936. The van der Waals surface area contributed by atoms with Crippen molar-refractivity contribution in [3.8, 4) is 0 Å². The van der Waals surface area contributed by atoms with Gasteiger partial charge in [-0.05, 0) is 54.4 Å². The van der Waals surface area contributed by atoms with Crippen LogP contribution in [-0.2, 0) is 16.4 Å². The zero-order valence-electron chi connectivity index (χ0n) is 12.0. The molecule has 0 fully saturated rings. The van der Waals surface area contributed by atoms with Gasteiger partial charge in [0.25, 0.3) is 0 Å². The fourth-order valence-electron chi connectivity index (χ4n) is 2.38. The summed E-state index contributed by atoms with van der Waals surface area (Å²) in [5, 5.41) is 1.37. The van der Waals surface area contributed by atoms with Crippen molar-refractivity contribution in [2.45, 2.75) is 11.3 Å². The van der Waals surface area contributed by atoms with Crippen LogP contribution in [0.4, 0.5) is 4.39 Å². The molecule has 0 amide bonds. The van der Waals surface area contributed by atoms with Crippen molar-refractivity contribution in [1.29, 1.82) is 0 Å². The van der Waals surface area contributed by atoms with Gasteiger partial charge in [0.05, 0.1) is 4.90 Å². The lowest BCUT2D eigenvalue weighted by Gasteiger charge is -2.06. The third kappa shape index (κ3) is 3.55. The fourth-order valence-corrected chi connectivity index (χ4v) is 3.54. The predicted molar refractivity (Wildman–Crippen MR) is 88.6 cm³/mol. The van der Waals surface area contributed by atoms with Crippen LogP contribution in [0.25, 0.3) is 10.9 Å². The van der Waals surface area contributed by atoms with Crippen molar-refractivity contribution in [2.24, 2.45) is 0 Å². The lowest BCUT2D eigenvalue weighted by Crippen LogP contribution is -2.25. The van der Waals surface area contributed by atoms with E-state index in [0.29, 0.717) is 17.0 Å². The van der Waals surface area contributed by atoms with Gasteiger partial charge in [-0.2, -0.15) is 0 Å². The van der Waals surface area contributed by atoms with E-state index in [2.05, 4.69) is 9.71 Å². The highest BCUT2D eigenvalue weighted by Gasteiger charge is 2.13. The number of rotatable bonds is 5. The molecule has 0 aliphatic carbocycles. The number of aromatic nitrogens is 1. The molecule has 0 radical (unpaired) electrons. The van der Waals surface area contributed by atoms with E-state index in [1.165, 1.54) is 36.4 Å². The third-order valence-electron chi connectivity index (χ3n) is 3.54. The molecule has 0 aliphatic rings. The Kier molecular flexibility index (Phi) is 4.39. The van der Waals surface area contributed by atoms with Crippen molar-refractivity contribution < 1.29 is 12.8 Å². The van der Waals surface area contributed by atoms with Crippen LogP contribution < -0.4 is 4.72 Å². The molecule has 3 rings (SSSR count). The molecule has 0 bridgehead atoms. The van der Waals surface area contributed by atoms with Crippen molar-refractivity contribution in [3.63, 3.8) is 0 Å². The van der Waals surface area contributed by atoms with Gasteiger partial charge in [0.2, 0.25) is 10.0 Å². The van der Waals surface area contributed by atoms with E-state index < -0.39 is 10.0 Å². The highest BCUT2D eigenvalue weighted by atomic mass is 35.5. The van der Waals surface area contributed by atoms with Crippen molar-refractivity contribution in [3.05, 3.63) is 65.1 Å². The molecule has 120 valence electrons. The molecule has 0 saturated heterocycles. The van der Waals surface area contributed by atoms with Gasteiger partial charge in [-0.1, -0.05) is 11.6 Å². The Morgan fingerprint density at radius 2 is 1.87 bits per heavy atom. The zero-order valence-corrected chi connectivity index (χ0v) is 13.6. The molecule has 0 saturated carbocycles. The minimum atomic E-state index is -3.57. The Morgan fingerprint density at radius 1 is 1.13 bits per heavy atom. The molecule has 1 heterocycles. The summed E-state index contributed by atoms with van der Waals surface area (Å²) in [6.45, 7) is 0.245. The van der Waals surface area contributed by atoms with Crippen LogP contribution in [0.3, 0.4) is 0 Å². The topological polar surface area (TPSA) is 62.0 Å². The summed E-state index contributed by atoms with van der Waals surface area (Å²) < 4.78 is 40.0. The van der Waals surface area contributed by atoms with Gasteiger partial charge in [-0.3, -0.25) is 0 Å². The maximum Gasteiger partial charge on any atom is 0.240 e. The summed E-state index contributed by atoms with van der Waals surface area (Å²) in [5.74, 6) is -0.311. The van der Waals surface area contributed by atoms with Gasteiger partial charge in [-0.15, -0.1) is 0 Å².